The first-order valence-electron chi connectivity index (χ1n) is 3.01. The van der Waals surface area contributed by atoms with E-state index in [2.05, 4.69) is 5.16 Å². The van der Waals surface area contributed by atoms with E-state index in [1.807, 2.05) is 0 Å². The van der Waals surface area contributed by atoms with Crippen LogP contribution >= 0.6 is 0 Å². The second-order valence-corrected chi connectivity index (χ2v) is 2.33. The molecule has 0 aromatic heterocycles. The highest BCUT2D eigenvalue weighted by Crippen LogP contribution is 2.33. The molecule has 0 saturated heterocycles. The molecule has 2 heteroatoms. The predicted octanol–water partition coefficient (Wildman–Crippen LogP) is 1.33. The molecule has 0 amide bonds. The molecule has 0 aromatic rings. The van der Waals surface area contributed by atoms with E-state index in [9.17, 15) is 0 Å². The minimum absolute atomic E-state index is 0.786. The number of hydrogen-bond donors (Lipinski definition) is 0. The Bertz CT molecular complexity index is 126. The normalized spacial score (nSPS) is 27.2. The fourth-order valence-electron chi connectivity index (χ4n) is 0.923. The molecule has 1 radical (unpaired) electrons. The van der Waals surface area contributed by atoms with E-state index < -0.39 is 0 Å². The lowest BCUT2D eigenvalue weighted by Gasteiger charge is -1.84. The summed E-state index contributed by atoms with van der Waals surface area (Å²) in [4.78, 5) is 4.72. The fourth-order valence-corrected chi connectivity index (χ4v) is 0.923. The quantitative estimate of drug-likeness (QED) is 0.499. The van der Waals surface area contributed by atoms with E-state index in [0.717, 1.165) is 12.3 Å². The van der Waals surface area contributed by atoms with Crippen LogP contribution in [0, 0.1) is 12.5 Å². The zero-order valence-corrected chi connectivity index (χ0v) is 4.63. The van der Waals surface area contributed by atoms with Crippen LogP contribution in [0.3, 0.4) is 0 Å². The Labute approximate surface area is 48.5 Å². The van der Waals surface area contributed by atoms with Crippen LogP contribution in [0.4, 0.5) is 0 Å². The maximum absolute atomic E-state index is 4.72. The molecular formula is C6H8NO. The van der Waals surface area contributed by atoms with Gasteiger partial charge in [-0.25, -0.2) is 0 Å². The minimum Gasteiger partial charge on any atom is -0.388 e. The van der Waals surface area contributed by atoms with Crippen molar-refractivity contribution >= 4 is 5.71 Å². The monoisotopic (exact) mass is 110 g/mol. The van der Waals surface area contributed by atoms with Gasteiger partial charge in [0.2, 0.25) is 0 Å². The summed E-state index contributed by atoms with van der Waals surface area (Å²) in [5, 5.41) is 3.86. The molecule has 2 aliphatic rings. The number of rotatable bonds is 1. The Hall–Kier alpha value is -0.530. The summed E-state index contributed by atoms with van der Waals surface area (Å²) in [7, 11) is 0. The molecule has 1 fully saturated rings. The summed E-state index contributed by atoms with van der Waals surface area (Å²) in [5.74, 6) is 0.786. The SMILES string of the molecule is [CH]1CC(C2CC2)=NO1. The predicted molar refractivity (Wildman–Crippen MR) is 30.2 cm³/mol. The third kappa shape index (κ3) is 0.602. The molecule has 1 heterocycles. The van der Waals surface area contributed by atoms with E-state index in [-0.39, 0.29) is 0 Å². The van der Waals surface area contributed by atoms with Gasteiger partial charge in [0.1, 0.15) is 0 Å². The summed E-state index contributed by atoms with van der Waals surface area (Å²) in [6, 6.07) is 0. The van der Waals surface area contributed by atoms with Crippen molar-refractivity contribution in [2.24, 2.45) is 11.1 Å². The highest BCUT2D eigenvalue weighted by molar-refractivity contribution is 5.89. The fraction of sp³-hybridized carbons (Fsp3) is 0.667. The molecule has 2 nitrogen and oxygen atoms in total. The van der Waals surface area contributed by atoms with Crippen molar-refractivity contribution in [3.05, 3.63) is 6.61 Å². The van der Waals surface area contributed by atoms with Gasteiger partial charge in [0.25, 0.3) is 0 Å². The molecule has 43 valence electrons. The molecule has 0 aromatic carbocycles. The average molecular weight is 110 g/mol. The van der Waals surface area contributed by atoms with Crippen LogP contribution in [0.2, 0.25) is 0 Å². The summed E-state index contributed by atoms with van der Waals surface area (Å²) in [5.41, 5.74) is 1.25. The van der Waals surface area contributed by atoms with Crippen molar-refractivity contribution < 1.29 is 4.84 Å². The van der Waals surface area contributed by atoms with Gasteiger partial charge in [0, 0.05) is 12.3 Å². The standard InChI is InChI=1S/C6H8NO/c1-2-5(1)6-3-4-8-7-6/h4-5H,1-3H2. The molecular weight excluding hydrogens is 102 g/mol. The van der Waals surface area contributed by atoms with Gasteiger partial charge in [-0.15, -0.1) is 0 Å². The van der Waals surface area contributed by atoms with Crippen LogP contribution in [0.15, 0.2) is 5.16 Å². The van der Waals surface area contributed by atoms with Gasteiger partial charge in [-0.3, -0.25) is 0 Å². The topological polar surface area (TPSA) is 21.6 Å². The van der Waals surface area contributed by atoms with Gasteiger partial charge in [-0.2, -0.15) is 0 Å². The van der Waals surface area contributed by atoms with Crippen molar-refractivity contribution in [2.75, 3.05) is 0 Å². The number of oxime groups is 1. The maximum Gasteiger partial charge on any atom is 0.172 e. The Balaban J connectivity index is 2.02. The number of hydrogen-bond acceptors (Lipinski definition) is 2. The summed E-state index contributed by atoms with van der Waals surface area (Å²) >= 11 is 0. The van der Waals surface area contributed by atoms with Crippen molar-refractivity contribution in [2.45, 2.75) is 19.3 Å². The molecule has 0 N–H and O–H groups in total. The molecule has 1 aliphatic carbocycles. The van der Waals surface area contributed by atoms with Crippen LogP contribution < -0.4 is 0 Å². The lowest BCUT2D eigenvalue weighted by Crippen LogP contribution is -1.93. The smallest absolute Gasteiger partial charge is 0.172 e. The third-order valence-electron chi connectivity index (χ3n) is 1.59. The molecule has 1 aliphatic heterocycles. The van der Waals surface area contributed by atoms with Gasteiger partial charge in [-0.05, 0) is 12.8 Å². The summed E-state index contributed by atoms with van der Waals surface area (Å²) < 4.78 is 0. The highest BCUT2D eigenvalue weighted by atomic mass is 16.6. The molecule has 8 heavy (non-hydrogen) atoms. The van der Waals surface area contributed by atoms with Crippen LogP contribution in [0.1, 0.15) is 19.3 Å². The Morgan fingerprint density at radius 2 is 2.50 bits per heavy atom. The molecule has 1 saturated carbocycles. The zero-order valence-electron chi connectivity index (χ0n) is 4.63. The van der Waals surface area contributed by atoms with Gasteiger partial charge in [-0.1, -0.05) is 5.16 Å². The second kappa shape index (κ2) is 1.47. The lowest BCUT2D eigenvalue weighted by atomic mass is 10.2. The van der Waals surface area contributed by atoms with Crippen molar-refractivity contribution in [3.8, 4) is 0 Å². The Kier molecular flexibility index (Phi) is 0.802. The summed E-state index contributed by atoms with van der Waals surface area (Å²) in [6.45, 7) is 1.76. The zero-order chi connectivity index (χ0) is 5.40. The lowest BCUT2D eigenvalue weighted by molar-refractivity contribution is 0.234. The second-order valence-electron chi connectivity index (χ2n) is 2.33. The molecule has 0 atom stereocenters. The average Bonchev–Trinajstić information content (AvgIpc) is 2.49. The van der Waals surface area contributed by atoms with Gasteiger partial charge >= 0.3 is 0 Å². The largest absolute Gasteiger partial charge is 0.388 e. The maximum atomic E-state index is 4.72. The van der Waals surface area contributed by atoms with Crippen molar-refractivity contribution in [1.82, 2.24) is 0 Å². The van der Waals surface area contributed by atoms with E-state index in [1.165, 1.54) is 18.6 Å². The molecule has 0 bridgehead atoms. The van der Waals surface area contributed by atoms with E-state index in [0.29, 0.717) is 0 Å². The van der Waals surface area contributed by atoms with Gasteiger partial charge < -0.3 is 4.84 Å². The van der Waals surface area contributed by atoms with Gasteiger partial charge in [0.15, 0.2) is 6.61 Å². The highest BCUT2D eigenvalue weighted by Gasteiger charge is 2.29. The first kappa shape index (κ1) is 4.36. The van der Waals surface area contributed by atoms with Crippen LogP contribution in [0.5, 0.6) is 0 Å². The van der Waals surface area contributed by atoms with Gasteiger partial charge in [0.05, 0.1) is 5.71 Å². The minimum atomic E-state index is 0.786. The Morgan fingerprint density at radius 1 is 1.62 bits per heavy atom. The third-order valence-corrected chi connectivity index (χ3v) is 1.59. The molecule has 0 unspecified atom stereocenters. The first-order chi connectivity index (χ1) is 3.97. The number of nitrogens with zero attached hydrogens (tertiary/aromatic N) is 1. The summed E-state index contributed by atoms with van der Waals surface area (Å²) in [6.07, 6.45) is 3.62. The molecule has 0 spiro atoms. The van der Waals surface area contributed by atoms with Crippen LogP contribution in [0.25, 0.3) is 0 Å². The first-order valence-corrected chi connectivity index (χ1v) is 3.01. The van der Waals surface area contributed by atoms with E-state index >= 15 is 0 Å². The van der Waals surface area contributed by atoms with Crippen molar-refractivity contribution in [3.63, 3.8) is 0 Å². The van der Waals surface area contributed by atoms with Crippen molar-refractivity contribution in [1.29, 1.82) is 0 Å². The van der Waals surface area contributed by atoms with Crippen LogP contribution in [-0.2, 0) is 4.84 Å². The van der Waals surface area contributed by atoms with Crippen LogP contribution in [-0.4, -0.2) is 5.71 Å². The Morgan fingerprint density at radius 3 is 3.00 bits per heavy atom. The van der Waals surface area contributed by atoms with E-state index in [1.54, 1.807) is 6.61 Å². The van der Waals surface area contributed by atoms with E-state index in [4.69, 9.17) is 4.84 Å². The molecule has 2 rings (SSSR count).